The Morgan fingerprint density at radius 1 is 1.31 bits per heavy atom. The van der Waals surface area contributed by atoms with Gasteiger partial charge in [-0.25, -0.2) is 4.98 Å². The van der Waals surface area contributed by atoms with Crippen LogP contribution in [0.2, 0.25) is 5.02 Å². The molecule has 1 unspecified atom stereocenters. The van der Waals surface area contributed by atoms with Crippen molar-refractivity contribution < 1.29 is 9.90 Å². The van der Waals surface area contributed by atoms with Crippen LogP contribution in [0.4, 0.5) is 0 Å². The Bertz CT molecular complexity index is 1050. The summed E-state index contributed by atoms with van der Waals surface area (Å²) in [5.74, 6) is -0.0244. The van der Waals surface area contributed by atoms with Crippen LogP contribution >= 0.6 is 23.4 Å². The van der Waals surface area contributed by atoms with Crippen molar-refractivity contribution in [3.63, 3.8) is 0 Å². The molecule has 1 aromatic carbocycles. The van der Waals surface area contributed by atoms with E-state index in [2.05, 4.69) is 27.4 Å². The van der Waals surface area contributed by atoms with Crippen LogP contribution in [0, 0.1) is 5.92 Å². The predicted molar refractivity (Wildman–Crippen MR) is 117 cm³/mol. The van der Waals surface area contributed by atoms with E-state index >= 15 is 0 Å². The molecule has 29 heavy (non-hydrogen) atoms. The number of aromatic amines is 1. The number of H-pyrrole nitrogens is 1. The quantitative estimate of drug-likeness (QED) is 0.534. The van der Waals surface area contributed by atoms with Crippen LogP contribution in [0.25, 0.3) is 16.6 Å². The Kier molecular flexibility index (Phi) is 6.23. The van der Waals surface area contributed by atoms with Crippen LogP contribution in [0.15, 0.2) is 58.5 Å². The highest BCUT2D eigenvalue weighted by Gasteiger charge is 2.24. The number of aliphatic hydroxyl groups excluding tert-OH is 1. The zero-order valence-electron chi connectivity index (χ0n) is 15.8. The molecule has 1 atom stereocenters. The van der Waals surface area contributed by atoms with Crippen molar-refractivity contribution in [2.45, 2.75) is 29.1 Å². The van der Waals surface area contributed by atoms with Gasteiger partial charge in [0.05, 0.1) is 12.3 Å². The van der Waals surface area contributed by atoms with Crippen molar-refractivity contribution in [1.29, 1.82) is 0 Å². The van der Waals surface area contributed by atoms with E-state index in [1.165, 1.54) is 5.57 Å². The van der Waals surface area contributed by atoms with E-state index in [0.717, 1.165) is 44.4 Å². The van der Waals surface area contributed by atoms with Gasteiger partial charge in [-0.3, -0.25) is 4.79 Å². The van der Waals surface area contributed by atoms with Crippen LogP contribution in [0.1, 0.15) is 25.0 Å². The van der Waals surface area contributed by atoms with Crippen LogP contribution in [-0.4, -0.2) is 34.1 Å². The number of fused-ring (bicyclic) bond motifs is 1. The summed E-state index contributed by atoms with van der Waals surface area (Å²) in [7, 11) is 0. The average molecular weight is 428 g/mol. The summed E-state index contributed by atoms with van der Waals surface area (Å²) in [5.41, 5.74) is 3.15. The number of allylic oxidation sites excluding steroid dienone is 2. The molecule has 7 heteroatoms. The summed E-state index contributed by atoms with van der Waals surface area (Å²) < 4.78 is 0. The molecule has 0 aliphatic heterocycles. The first kappa shape index (κ1) is 20.0. The maximum Gasteiger partial charge on any atom is 0.223 e. The van der Waals surface area contributed by atoms with Crippen molar-refractivity contribution >= 4 is 45.9 Å². The molecule has 0 spiro atoms. The van der Waals surface area contributed by atoms with Gasteiger partial charge in [-0.15, -0.1) is 0 Å². The summed E-state index contributed by atoms with van der Waals surface area (Å²) in [5, 5.41) is 13.5. The van der Waals surface area contributed by atoms with Gasteiger partial charge in [-0.05, 0) is 61.2 Å². The maximum atomic E-state index is 12.2. The SMILES string of the molecule is O=C(NCCO)C1CC=C(c2[nH]c3ncccc3c2Sc2ccc(Cl)cc2)CC1. The molecule has 2 aromatic heterocycles. The molecule has 0 saturated heterocycles. The largest absolute Gasteiger partial charge is 0.395 e. The first-order chi connectivity index (χ1) is 14.2. The highest BCUT2D eigenvalue weighted by atomic mass is 35.5. The van der Waals surface area contributed by atoms with Gasteiger partial charge in [0.25, 0.3) is 0 Å². The van der Waals surface area contributed by atoms with Gasteiger partial charge < -0.3 is 15.4 Å². The minimum Gasteiger partial charge on any atom is -0.395 e. The summed E-state index contributed by atoms with van der Waals surface area (Å²) in [4.78, 5) is 22.4. The van der Waals surface area contributed by atoms with E-state index in [0.29, 0.717) is 13.0 Å². The molecule has 3 aromatic rings. The molecule has 1 aliphatic rings. The Balaban J connectivity index is 1.63. The standard InChI is InChI=1S/C22H22ClN3O2S/c23-16-7-9-17(10-8-16)29-20-18-2-1-11-24-21(18)26-19(20)14-3-5-15(6-4-14)22(28)25-12-13-27/h1-3,7-11,15,27H,4-6,12-13H2,(H,24,26)(H,25,28). The van der Waals surface area contributed by atoms with Crippen LogP contribution in [-0.2, 0) is 4.79 Å². The predicted octanol–water partition coefficient (Wildman–Crippen LogP) is 4.66. The highest BCUT2D eigenvalue weighted by Crippen LogP contribution is 2.42. The zero-order valence-corrected chi connectivity index (χ0v) is 17.4. The molecule has 4 rings (SSSR count). The van der Waals surface area contributed by atoms with Gasteiger partial charge in [0.1, 0.15) is 5.65 Å². The lowest BCUT2D eigenvalue weighted by Crippen LogP contribution is -2.33. The summed E-state index contributed by atoms with van der Waals surface area (Å²) in [6.45, 7) is 0.272. The molecule has 1 amide bonds. The minimum absolute atomic E-state index is 0.0171. The number of nitrogens with zero attached hydrogens (tertiary/aromatic N) is 1. The molecule has 150 valence electrons. The van der Waals surface area contributed by atoms with Crippen molar-refractivity contribution in [3.05, 3.63) is 59.4 Å². The van der Waals surface area contributed by atoms with Crippen molar-refractivity contribution in [2.24, 2.45) is 5.92 Å². The first-order valence-electron chi connectivity index (χ1n) is 9.64. The molecular formula is C22H22ClN3O2S. The van der Waals surface area contributed by atoms with E-state index in [1.54, 1.807) is 18.0 Å². The first-order valence-corrected chi connectivity index (χ1v) is 10.8. The number of aromatic nitrogens is 2. The van der Waals surface area contributed by atoms with Gasteiger partial charge in [0.2, 0.25) is 5.91 Å². The fraction of sp³-hybridized carbons (Fsp3) is 0.273. The second-order valence-corrected chi connectivity index (χ2v) is 8.52. The number of nitrogens with one attached hydrogen (secondary N) is 2. The van der Waals surface area contributed by atoms with E-state index in [1.807, 2.05) is 30.3 Å². The number of pyridine rings is 1. The van der Waals surface area contributed by atoms with Crippen LogP contribution in [0.5, 0.6) is 0 Å². The normalized spacial score (nSPS) is 16.6. The number of rotatable bonds is 6. The average Bonchev–Trinajstić information content (AvgIpc) is 3.12. The third-order valence-corrected chi connectivity index (χ3v) is 6.46. The van der Waals surface area contributed by atoms with E-state index < -0.39 is 0 Å². The number of carbonyl (C=O) groups is 1. The number of hydrogen-bond acceptors (Lipinski definition) is 4. The van der Waals surface area contributed by atoms with Gasteiger partial charge in [0, 0.05) is 38.9 Å². The molecule has 0 radical (unpaired) electrons. The third-order valence-electron chi connectivity index (χ3n) is 5.07. The van der Waals surface area contributed by atoms with E-state index in [-0.39, 0.29) is 18.4 Å². The second-order valence-electron chi connectivity index (χ2n) is 7.00. The molecule has 1 aliphatic carbocycles. The van der Waals surface area contributed by atoms with Crippen LogP contribution in [0.3, 0.4) is 0 Å². The Morgan fingerprint density at radius 3 is 2.86 bits per heavy atom. The number of aliphatic hydroxyl groups is 1. The number of hydrogen-bond donors (Lipinski definition) is 3. The monoisotopic (exact) mass is 427 g/mol. The maximum absolute atomic E-state index is 12.2. The van der Waals surface area contributed by atoms with Gasteiger partial charge in [-0.1, -0.05) is 29.4 Å². The highest BCUT2D eigenvalue weighted by molar-refractivity contribution is 7.99. The number of halogens is 1. The Morgan fingerprint density at radius 2 is 2.14 bits per heavy atom. The lowest BCUT2D eigenvalue weighted by atomic mass is 9.87. The summed E-state index contributed by atoms with van der Waals surface area (Å²) in [6.07, 6.45) is 6.25. The molecule has 2 heterocycles. The number of benzene rings is 1. The second kappa shape index (κ2) is 9.03. The molecule has 3 N–H and O–H groups in total. The van der Waals surface area contributed by atoms with E-state index in [4.69, 9.17) is 16.7 Å². The molecule has 5 nitrogen and oxygen atoms in total. The fourth-order valence-corrected chi connectivity index (χ4v) is 4.77. The minimum atomic E-state index is -0.0415. The zero-order chi connectivity index (χ0) is 20.2. The number of carbonyl (C=O) groups excluding carboxylic acids is 1. The topological polar surface area (TPSA) is 78.0 Å². The van der Waals surface area contributed by atoms with Crippen LogP contribution < -0.4 is 5.32 Å². The van der Waals surface area contributed by atoms with Gasteiger partial charge >= 0.3 is 0 Å². The van der Waals surface area contributed by atoms with Gasteiger partial charge in [-0.2, -0.15) is 0 Å². The Labute approximate surface area is 178 Å². The summed E-state index contributed by atoms with van der Waals surface area (Å²) >= 11 is 7.72. The molecule has 0 bridgehead atoms. The smallest absolute Gasteiger partial charge is 0.223 e. The fourth-order valence-electron chi connectivity index (χ4n) is 3.57. The van der Waals surface area contributed by atoms with Crippen molar-refractivity contribution in [3.8, 4) is 0 Å². The van der Waals surface area contributed by atoms with Crippen molar-refractivity contribution in [2.75, 3.05) is 13.2 Å². The lowest BCUT2D eigenvalue weighted by molar-refractivity contribution is -0.125. The molecule has 0 fully saturated rings. The molecular weight excluding hydrogens is 406 g/mol. The van der Waals surface area contributed by atoms with E-state index in [9.17, 15) is 4.79 Å². The lowest BCUT2D eigenvalue weighted by Gasteiger charge is -2.21. The summed E-state index contributed by atoms with van der Waals surface area (Å²) in [6, 6.07) is 11.8. The van der Waals surface area contributed by atoms with Gasteiger partial charge in [0.15, 0.2) is 0 Å². The van der Waals surface area contributed by atoms with Crippen molar-refractivity contribution in [1.82, 2.24) is 15.3 Å². The third kappa shape index (κ3) is 4.50. The molecule has 0 saturated carbocycles. The Hall–Kier alpha value is -2.28. The number of amides is 1.